The SMILES string of the molecule is C#CCOCCOCCOCCOCCCOC(=O)N(CCCC(=O)NCCO[C@@H]([C@@H]1OC(C(=O)OC)=C[C@H](N=C(C)NC(=O)OC(C)(C)C)[C@H]1NC(C)=O)[C@H]1COC(=O)O1)CCC(=O)CCCO[C@@H]([C@@H]1OC(C(=O)OC)=C[C@H](N=C(C)NC(=O)OC(C)(C)C)[C@H]1NC(C)=O)[C@H]1COC(=O)O1. The van der Waals surface area contributed by atoms with Gasteiger partial charge >= 0.3 is 42.5 Å². The van der Waals surface area contributed by atoms with Gasteiger partial charge in [0.15, 0.2) is 24.4 Å². The van der Waals surface area contributed by atoms with Crippen molar-refractivity contribution in [3.05, 3.63) is 23.7 Å². The van der Waals surface area contributed by atoms with Gasteiger partial charge in [0, 0.05) is 72.4 Å². The lowest BCUT2D eigenvalue weighted by Crippen LogP contribution is -2.60. The molecule has 0 aromatic carbocycles. The van der Waals surface area contributed by atoms with E-state index in [-0.39, 0.29) is 140 Å². The molecule has 101 heavy (non-hydrogen) atoms. The highest BCUT2D eigenvalue weighted by Crippen LogP contribution is 2.32. The second-order valence-electron chi connectivity index (χ2n) is 24.8. The van der Waals surface area contributed by atoms with Gasteiger partial charge in [-0.3, -0.25) is 39.8 Å². The first-order valence-electron chi connectivity index (χ1n) is 32.8. The maximum Gasteiger partial charge on any atom is 0.508 e. The van der Waals surface area contributed by atoms with E-state index in [1.807, 2.05) is 0 Å². The summed E-state index contributed by atoms with van der Waals surface area (Å²) in [5, 5.41) is 13.3. The molecule has 4 aliphatic rings. The fourth-order valence-corrected chi connectivity index (χ4v) is 9.96. The number of terminal acetylenes is 1. The van der Waals surface area contributed by atoms with Crippen LogP contribution in [0.4, 0.5) is 24.0 Å². The molecule has 0 bridgehead atoms. The van der Waals surface area contributed by atoms with Gasteiger partial charge in [-0.05, 0) is 80.4 Å². The normalized spacial score (nSPS) is 21.1. The minimum Gasteiger partial charge on any atom is -0.478 e. The van der Waals surface area contributed by atoms with Crippen molar-refractivity contribution in [2.45, 2.75) is 180 Å². The number of amides is 6. The lowest BCUT2D eigenvalue weighted by Gasteiger charge is -2.40. The van der Waals surface area contributed by atoms with Gasteiger partial charge in [0.1, 0.15) is 60.7 Å². The average molecular weight is 1440 g/mol. The molecule has 5 N–H and O–H groups in total. The standard InChI is InChI=1S/C65H98N8O28/c1-14-24-87-29-31-89-33-34-90-32-30-88-25-17-27-93-61(82)73(23-20-43(76)18-16-26-91-53(48-37-94-62(83)98-48)55-51(71-41(4)74)44(35-46(96-55)57(78)85-12)67-39(2)69-59(80)100-64(6,7)8)22-15-19-50(77)66-21-28-92-54(49-38-95-63(84)99-49)56-52(72-42(5)75)45(36-47(97-56)58(79)86-13)68-40(3)70-60(81)101-65(9,10)11/h1,35-36,44-45,48-49,51-56H,15-34,37-38H2,2-13H3,(H,66,77)(H,71,74)(H,72,75)(H,67,69,80)(H,68,70,81)/t44-,45-,48+,49+,51+,52+,53+,54+,55+,56+/m0/s1. The molecule has 0 radical (unpaired) electrons. The molecule has 0 unspecified atom stereocenters. The van der Waals surface area contributed by atoms with E-state index in [1.165, 1.54) is 44.7 Å². The summed E-state index contributed by atoms with van der Waals surface area (Å²) in [6.45, 7) is 16.2. The van der Waals surface area contributed by atoms with Crippen molar-refractivity contribution in [2.24, 2.45) is 9.98 Å². The van der Waals surface area contributed by atoms with Crippen LogP contribution in [0.2, 0.25) is 0 Å². The molecule has 0 spiro atoms. The summed E-state index contributed by atoms with van der Waals surface area (Å²) in [4.78, 5) is 153. The molecule has 566 valence electrons. The average Bonchev–Trinajstić information content (AvgIpc) is 1.68. The number of cyclic esters (lactones) is 4. The fraction of sp³-hybridized carbons (Fsp3) is 0.708. The number of hydrogen-bond donors (Lipinski definition) is 5. The Morgan fingerprint density at radius 1 is 0.584 bits per heavy atom. The van der Waals surface area contributed by atoms with Crippen LogP contribution in [-0.2, 0) is 109 Å². The number of nitrogens with zero attached hydrogens (tertiary/aromatic N) is 3. The van der Waals surface area contributed by atoms with Crippen LogP contribution in [0.1, 0.15) is 108 Å². The minimum absolute atomic E-state index is 0.0240. The molecule has 36 nitrogen and oxygen atoms in total. The van der Waals surface area contributed by atoms with Gasteiger partial charge in [0.2, 0.25) is 29.2 Å². The molecule has 2 saturated heterocycles. The molecular formula is C65H98N8O28. The van der Waals surface area contributed by atoms with E-state index in [0.29, 0.717) is 32.8 Å². The van der Waals surface area contributed by atoms with Crippen LogP contribution in [-0.4, -0.2) is 274 Å². The van der Waals surface area contributed by atoms with Gasteiger partial charge in [-0.25, -0.2) is 33.6 Å². The maximum atomic E-state index is 13.7. The zero-order valence-electron chi connectivity index (χ0n) is 59.3. The van der Waals surface area contributed by atoms with Gasteiger partial charge in [0.05, 0.1) is 91.2 Å². The summed E-state index contributed by atoms with van der Waals surface area (Å²) in [5.41, 5.74) is -1.72. The first-order valence-corrected chi connectivity index (χ1v) is 32.8. The van der Waals surface area contributed by atoms with E-state index in [0.717, 1.165) is 14.2 Å². The Labute approximate surface area is 586 Å². The predicted octanol–water partition coefficient (Wildman–Crippen LogP) is 2.54. The van der Waals surface area contributed by atoms with Gasteiger partial charge in [-0.15, -0.1) is 6.42 Å². The number of carbonyl (C=O) groups is 11. The Morgan fingerprint density at radius 3 is 1.49 bits per heavy atom. The first kappa shape index (κ1) is 84.5. The van der Waals surface area contributed by atoms with Crippen LogP contribution in [0.3, 0.4) is 0 Å². The van der Waals surface area contributed by atoms with E-state index in [1.54, 1.807) is 41.5 Å². The number of rotatable bonds is 40. The Balaban J connectivity index is 1.44. The summed E-state index contributed by atoms with van der Waals surface area (Å²) in [7, 11) is 2.22. The van der Waals surface area contributed by atoms with E-state index >= 15 is 0 Å². The van der Waals surface area contributed by atoms with Crippen molar-refractivity contribution in [2.75, 3.05) is 120 Å². The van der Waals surface area contributed by atoms with Crippen LogP contribution < -0.4 is 26.6 Å². The second-order valence-corrected chi connectivity index (χ2v) is 24.8. The van der Waals surface area contributed by atoms with Gasteiger partial charge in [-0.2, -0.15) is 0 Å². The molecule has 0 aliphatic carbocycles. The molecule has 0 aromatic heterocycles. The summed E-state index contributed by atoms with van der Waals surface area (Å²) in [6, 6.07) is -4.56. The van der Waals surface area contributed by atoms with E-state index < -0.39 is 132 Å². The number of aliphatic imine (C=N–C) groups is 2. The zero-order valence-corrected chi connectivity index (χ0v) is 59.3. The van der Waals surface area contributed by atoms with Crippen molar-refractivity contribution in [1.29, 1.82) is 0 Å². The molecule has 0 saturated carbocycles. The van der Waals surface area contributed by atoms with Crippen LogP contribution in [0.5, 0.6) is 0 Å². The molecule has 10 atom stereocenters. The third kappa shape index (κ3) is 32.5. The topological polar surface area (TPSA) is 433 Å². The Bertz CT molecular complexity index is 2960. The Morgan fingerprint density at radius 2 is 1.05 bits per heavy atom. The van der Waals surface area contributed by atoms with Crippen LogP contribution in [0.25, 0.3) is 0 Å². The zero-order chi connectivity index (χ0) is 74.7. The van der Waals surface area contributed by atoms with E-state index in [4.69, 9.17) is 87.0 Å². The second kappa shape index (κ2) is 43.7. The molecule has 0 aromatic rings. The van der Waals surface area contributed by atoms with Crippen LogP contribution >= 0.6 is 0 Å². The van der Waals surface area contributed by atoms with E-state index in [9.17, 15) is 52.7 Å². The lowest BCUT2D eigenvalue weighted by molar-refractivity contribution is -0.152. The lowest BCUT2D eigenvalue weighted by atomic mass is 9.92. The van der Waals surface area contributed by atoms with Crippen LogP contribution in [0, 0.1) is 12.3 Å². The Hall–Kier alpha value is -8.89. The highest BCUT2D eigenvalue weighted by atomic mass is 16.8. The number of carbonyl (C=O) groups excluding carboxylic acids is 11. The van der Waals surface area contributed by atoms with Crippen molar-refractivity contribution in [3.8, 4) is 12.3 Å². The van der Waals surface area contributed by atoms with Crippen molar-refractivity contribution < 1.29 is 133 Å². The van der Waals surface area contributed by atoms with Crippen LogP contribution in [0.15, 0.2) is 33.7 Å². The first-order chi connectivity index (χ1) is 47.9. The maximum absolute atomic E-state index is 13.7. The van der Waals surface area contributed by atoms with E-state index in [2.05, 4.69) is 42.5 Å². The van der Waals surface area contributed by atoms with Gasteiger partial charge in [0.25, 0.3) is 0 Å². The third-order valence-electron chi connectivity index (χ3n) is 14.1. The monoisotopic (exact) mass is 1440 g/mol. The smallest absolute Gasteiger partial charge is 0.478 e. The van der Waals surface area contributed by atoms with Crippen molar-refractivity contribution in [3.63, 3.8) is 0 Å². The Kier molecular flexibility index (Phi) is 36.6. The summed E-state index contributed by atoms with van der Waals surface area (Å²) >= 11 is 0. The molecular weight excluding hydrogens is 1340 g/mol. The number of amidine groups is 2. The molecule has 36 heteroatoms. The molecule has 4 aliphatic heterocycles. The predicted molar refractivity (Wildman–Crippen MR) is 350 cm³/mol. The van der Waals surface area contributed by atoms with Gasteiger partial charge in [-0.1, -0.05) is 5.92 Å². The number of alkyl carbamates (subject to hydrolysis) is 2. The number of esters is 2. The molecule has 2 fully saturated rings. The number of ether oxygens (including phenoxy) is 17. The number of nitrogens with one attached hydrogen (secondary N) is 5. The number of Topliss-reactive ketones (excluding diaryl/α,β-unsaturated/α-hetero) is 1. The summed E-state index contributed by atoms with van der Waals surface area (Å²) in [5.74, 6) is -2.08. The molecule has 4 heterocycles. The number of methoxy groups -OCH3 is 2. The fourth-order valence-electron chi connectivity index (χ4n) is 9.96. The molecule has 4 rings (SSSR count). The van der Waals surface area contributed by atoms with Crippen molar-refractivity contribution in [1.82, 2.24) is 31.5 Å². The minimum atomic E-state index is -1.35. The highest BCUT2D eigenvalue weighted by molar-refractivity contribution is 5.95. The largest absolute Gasteiger partial charge is 0.508 e. The quantitative estimate of drug-likeness (QED) is 0.0147. The number of ketones is 1. The number of hydrogen-bond acceptors (Lipinski definition) is 30. The molecule has 6 amide bonds. The van der Waals surface area contributed by atoms with Gasteiger partial charge < -0.3 is 101 Å². The van der Waals surface area contributed by atoms with Crippen molar-refractivity contribution >= 4 is 77.7 Å². The summed E-state index contributed by atoms with van der Waals surface area (Å²) in [6.07, 6.45) is -4.44. The highest BCUT2D eigenvalue weighted by Gasteiger charge is 2.51. The summed E-state index contributed by atoms with van der Waals surface area (Å²) < 4.78 is 93.7. The third-order valence-corrected chi connectivity index (χ3v) is 14.1.